The van der Waals surface area contributed by atoms with Crippen LogP contribution in [0.3, 0.4) is 0 Å². The highest BCUT2D eigenvalue weighted by atomic mass is 19.1. The van der Waals surface area contributed by atoms with Gasteiger partial charge in [0, 0.05) is 25.5 Å². The van der Waals surface area contributed by atoms with Crippen molar-refractivity contribution in [2.45, 2.75) is 25.9 Å². The van der Waals surface area contributed by atoms with Crippen molar-refractivity contribution in [2.24, 2.45) is 0 Å². The van der Waals surface area contributed by atoms with Crippen LogP contribution in [0.2, 0.25) is 0 Å². The standard InChI is InChI=1S/C24H27FN6O3/c1-16(32)27-14-21-15-31(24(33)34-21)20-6-7-22(23(25)12-20)18-4-2-17(3-5-18)8-10-26-11-9-19-13-28-30-29-19/h2-7,12-13,21,26H,8-11,14-15H2,1H3,(H,27,32)(H,28,29,30)/t21-/m0/s1. The van der Waals surface area contributed by atoms with E-state index in [-0.39, 0.29) is 19.0 Å². The first-order valence-electron chi connectivity index (χ1n) is 11.2. The van der Waals surface area contributed by atoms with Gasteiger partial charge in [-0.2, -0.15) is 15.4 Å². The third-order valence-electron chi connectivity index (χ3n) is 5.60. The first kappa shape index (κ1) is 23.4. The Morgan fingerprint density at radius 1 is 1.21 bits per heavy atom. The fourth-order valence-electron chi connectivity index (χ4n) is 3.77. The molecule has 178 valence electrons. The number of hydrogen-bond acceptors (Lipinski definition) is 6. The van der Waals surface area contributed by atoms with Crippen molar-refractivity contribution < 1.29 is 18.7 Å². The van der Waals surface area contributed by atoms with E-state index in [4.69, 9.17) is 4.74 Å². The summed E-state index contributed by atoms with van der Waals surface area (Å²) in [5, 5.41) is 16.4. The number of H-pyrrole nitrogens is 1. The van der Waals surface area contributed by atoms with E-state index in [1.54, 1.807) is 18.3 Å². The molecule has 3 N–H and O–H groups in total. The van der Waals surface area contributed by atoms with Gasteiger partial charge in [0.25, 0.3) is 0 Å². The highest BCUT2D eigenvalue weighted by Crippen LogP contribution is 2.29. The first-order chi connectivity index (χ1) is 16.5. The van der Waals surface area contributed by atoms with Crippen molar-refractivity contribution in [2.75, 3.05) is 31.1 Å². The van der Waals surface area contributed by atoms with Gasteiger partial charge in [0.15, 0.2) is 0 Å². The van der Waals surface area contributed by atoms with Crippen LogP contribution in [-0.2, 0) is 22.4 Å². The van der Waals surface area contributed by atoms with Crippen LogP contribution in [0.25, 0.3) is 11.1 Å². The summed E-state index contributed by atoms with van der Waals surface area (Å²) < 4.78 is 20.2. The zero-order chi connectivity index (χ0) is 23.9. The minimum atomic E-state index is -0.554. The molecule has 10 heteroatoms. The number of halogens is 1. The van der Waals surface area contributed by atoms with Crippen LogP contribution >= 0.6 is 0 Å². The summed E-state index contributed by atoms with van der Waals surface area (Å²) in [6.07, 6.45) is 2.37. The maximum atomic E-state index is 14.9. The van der Waals surface area contributed by atoms with Gasteiger partial charge < -0.3 is 15.4 Å². The molecule has 1 atom stereocenters. The Labute approximate surface area is 196 Å². The average molecular weight is 467 g/mol. The third-order valence-corrected chi connectivity index (χ3v) is 5.60. The zero-order valence-corrected chi connectivity index (χ0v) is 18.9. The van der Waals surface area contributed by atoms with Gasteiger partial charge in [-0.25, -0.2) is 9.18 Å². The quantitative estimate of drug-likeness (QED) is 0.396. The molecule has 1 aliphatic heterocycles. The van der Waals surface area contributed by atoms with Crippen LogP contribution in [0.4, 0.5) is 14.9 Å². The summed E-state index contributed by atoms with van der Waals surface area (Å²) in [5.74, 6) is -0.618. The van der Waals surface area contributed by atoms with Crippen LogP contribution < -0.4 is 15.5 Å². The maximum absolute atomic E-state index is 14.9. The fraction of sp³-hybridized carbons (Fsp3) is 0.333. The van der Waals surface area contributed by atoms with Crippen LogP contribution in [0.1, 0.15) is 18.2 Å². The molecular formula is C24H27FN6O3. The lowest BCUT2D eigenvalue weighted by molar-refractivity contribution is -0.119. The molecule has 1 fully saturated rings. The van der Waals surface area contributed by atoms with Crippen molar-refractivity contribution in [3.05, 3.63) is 65.7 Å². The Kier molecular flexibility index (Phi) is 7.48. The molecular weight excluding hydrogens is 439 g/mol. The van der Waals surface area contributed by atoms with Gasteiger partial charge in [-0.05, 0) is 42.3 Å². The van der Waals surface area contributed by atoms with Crippen LogP contribution in [0.5, 0.6) is 0 Å². The number of nitrogens with one attached hydrogen (secondary N) is 3. The number of carbonyl (C=O) groups excluding carboxylic acids is 2. The van der Waals surface area contributed by atoms with Crippen LogP contribution in [-0.4, -0.2) is 59.7 Å². The molecule has 2 amide bonds. The lowest BCUT2D eigenvalue weighted by atomic mass is 10.0. The number of amides is 2. The number of nitrogens with zero attached hydrogens (tertiary/aromatic N) is 3. The van der Waals surface area contributed by atoms with Gasteiger partial charge in [0.2, 0.25) is 5.91 Å². The lowest BCUT2D eigenvalue weighted by Crippen LogP contribution is -2.33. The molecule has 0 radical (unpaired) electrons. The highest BCUT2D eigenvalue weighted by Gasteiger charge is 2.32. The summed E-state index contributed by atoms with van der Waals surface area (Å²) in [4.78, 5) is 24.6. The zero-order valence-electron chi connectivity index (χ0n) is 18.9. The van der Waals surface area contributed by atoms with Crippen LogP contribution in [0, 0.1) is 5.82 Å². The van der Waals surface area contributed by atoms with E-state index < -0.39 is 18.0 Å². The number of anilines is 1. The summed E-state index contributed by atoms with van der Waals surface area (Å²) in [6.45, 7) is 3.52. The fourth-order valence-corrected chi connectivity index (χ4v) is 3.77. The molecule has 1 saturated heterocycles. The summed E-state index contributed by atoms with van der Waals surface area (Å²) in [5.41, 5.74) is 3.73. The summed E-state index contributed by atoms with van der Waals surface area (Å²) in [6, 6.07) is 12.5. The minimum Gasteiger partial charge on any atom is -0.442 e. The number of benzene rings is 2. The molecule has 9 nitrogen and oxygen atoms in total. The third kappa shape index (κ3) is 5.96. The molecule has 34 heavy (non-hydrogen) atoms. The first-order valence-corrected chi connectivity index (χ1v) is 11.2. The number of cyclic esters (lactones) is 1. The molecule has 3 aromatic rings. The second-order valence-corrected chi connectivity index (χ2v) is 8.13. The molecule has 0 aliphatic carbocycles. The van der Waals surface area contributed by atoms with Crippen molar-refractivity contribution in [1.29, 1.82) is 0 Å². The van der Waals surface area contributed by atoms with Gasteiger partial charge in [-0.3, -0.25) is 9.69 Å². The Balaban J connectivity index is 1.31. The number of hydrogen-bond donors (Lipinski definition) is 3. The van der Waals surface area contributed by atoms with Gasteiger partial charge >= 0.3 is 6.09 Å². The van der Waals surface area contributed by atoms with E-state index in [2.05, 4.69) is 26.0 Å². The number of carbonyl (C=O) groups is 2. The number of aromatic nitrogens is 3. The smallest absolute Gasteiger partial charge is 0.414 e. The molecule has 0 saturated carbocycles. The van der Waals surface area contributed by atoms with E-state index in [9.17, 15) is 14.0 Å². The normalized spacial score (nSPS) is 15.4. The predicted octanol–water partition coefficient (Wildman–Crippen LogP) is 2.45. The number of rotatable bonds is 10. The Hall–Kier alpha value is -3.79. The second kappa shape index (κ2) is 10.9. The average Bonchev–Trinajstić information content (AvgIpc) is 3.47. The summed E-state index contributed by atoms with van der Waals surface area (Å²) in [7, 11) is 0. The molecule has 0 unspecified atom stereocenters. The van der Waals surface area contributed by atoms with E-state index >= 15 is 0 Å². The van der Waals surface area contributed by atoms with E-state index in [1.165, 1.54) is 17.9 Å². The number of aromatic amines is 1. The highest BCUT2D eigenvalue weighted by molar-refractivity contribution is 5.90. The molecule has 1 aromatic heterocycles. The van der Waals surface area contributed by atoms with E-state index in [0.29, 0.717) is 11.3 Å². The minimum absolute atomic E-state index is 0.199. The lowest BCUT2D eigenvalue weighted by Gasteiger charge is -2.15. The van der Waals surface area contributed by atoms with Gasteiger partial charge in [0.05, 0.1) is 30.7 Å². The van der Waals surface area contributed by atoms with Crippen molar-refractivity contribution in [1.82, 2.24) is 26.0 Å². The summed E-state index contributed by atoms with van der Waals surface area (Å²) >= 11 is 0. The van der Waals surface area contributed by atoms with Gasteiger partial charge in [-0.1, -0.05) is 24.3 Å². The topological polar surface area (TPSA) is 112 Å². The Morgan fingerprint density at radius 3 is 2.71 bits per heavy atom. The second-order valence-electron chi connectivity index (χ2n) is 8.13. The van der Waals surface area contributed by atoms with Gasteiger partial charge in [0.1, 0.15) is 11.9 Å². The molecule has 0 spiro atoms. The van der Waals surface area contributed by atoms with Crippen molar-refractivity contribution >= 4 is 17.7 Å². The monoisotopic (exact) mass is 466 g/mol. The SMILES string of the molecule is CC(=O)NC[C@H]1CN(c2ccc(-c3ccc(CCNCCc4cn[nH]n4)cc3)c(F)c2)C(=O)O1. The Morgan fingerprint density at radius 2 is 2.00 bits per heavy atom. The van der Waals surface area contributed by atoms with E-state index in [0.717, 1.165) is 42.8 Å². The predicted molar refractivity (Wildman–Crippen MR) is 125 cm³/mol. The molecule has 0 bridgehead atoms. The molecule has 1 aliphatic rings. The van der Waals surface area contributed by atoms with Crippen LogP contribution in [0.15, 0.2) is 48.7 Å². The van der Waals surface area contributed by atoms with Gasteiger partial charge in [-0.15, -0.1) is 0 Å². The molecule has 4 rings (SSSR count). The molecule has 2 heterocycles. The Bertz CT molecular complexity index is 1120. The van der Waals surface area contributed by atoms with E-state index in [1.807, 2.05) is 24.3 Å². The van der Waals surface area contributed by atoms with Crippen molar-refractivity contribution in [3.63, 3.8) is 0 Å². The maximum Gasteiger partial charge on any atom is 0.414 e. The number of ether oxygens (including phenoxy) is 1. The largest absolute Gasteiger partial charge is 0.442 e. The molecule has 2 aromatic carbocycles. The van der Waals surface area contributed by atoms with Crippen molar-refractivity contribution in [3.8, 4) is 11.1 Å².